The fourth-order valence-electron chi connectivity index (χ4n) is 3.01. The van der Waals surface area contributed by atoms with Gasteiger partial charge in [0.2, 0.25) is 5.95 Å². The fraction of sp³-hybridized carbons (Fsp3) is 0.238. The van der Waals surface area contributed by atoms with E-state index >= 15 is 0 Å². The Morgan fingerprint density at radius 3 is 2.79 bits per heavy atom. The summed E-state index contributed by atoms with van der Waals surface area (Å²) in [5.74, 6) is 2.61. The monoisotopic (exact) mass is 389 g/mol. The molecule has 3 aromatic heterocycles. The van der Waals surface area contributed by atoms with E-state index in [0.717, 1.165) is 35.8 Å². The van der Waals surface area contributed by atoms with Crippen LogP contribution in [-0.2, 0) is 19.4 Å². The number of rotatable bonds is 8. The van der Waals surface area contributed by atoms with Crippen LogP contribution in [0, 0.1) is 13.8 Å². The summed E-state index contributed by atoms with van der Waals surface area (Å²) >= 11 is 0. The Hall–Kier alpha value is -3.68. The lowest BCUT2D eigenvalue weighted by molar-refractivity contribution is 0.384. The van der Waals surface area contributed by atoms with Crippen molar-refractivity contribution in [2.45, 2.75) is 33.2 Å². The summed E-state index contributed by atoms with van der Waals surface area (Å²) in [6.07, 6.45) is 3.55. The molecule has 0 unspecified atom stereocenters. The molecule has 0 aliphatic carbocycles. The van der Waals surface area contributed by atoms with E-state index in [1.54, 1.807) is 12.3 Å². The summed E-state index contributed by atoms with van der Waals surface area (Å²) < 4.78 is 5.18. The second kappa shape index (κ2) is 8.55. The van der Waals surface area contributed by atoms with Crippen LogP contribution in [0.1, 0.15) is 28.3 Å². The maximum Gasteiger partial charge on any atom is 0.224 e. The van der Waals surface area contributed by atoms with Gasteiger partial charge in [0.05, 0.1) is 12.2 Å². The summed E-state index contributed by atoms with van der Waals surface area (Å²) in [5.41, 5.74) is 4.51. The van der Waals surface area contributed by atoms with Crippen molar-refractivity contribution in [2.75, 3.05) is 10.6 Å². The van der Waals surface area contributed by atoms with E-state index in [-0.39, 0.29) is 0 Å². The molecule has 0 aliphatic heterocycles. The molecule has 0 radical (unpaired) electrons. The Balaban J connectivity index is 1.33. The Labute approximate surface area is 168 Å². The first kappa shape index (κ1) is 18.7. The average molecular weight is 389 g/mol. The molecule has 0 aliphatic rings. The Bertz CT molecular complexity index is 1090. The Kier molecular flexibility index (Phi) is 5.51. The van der Waals surface area contributed by atoms with Crippen molar-refractivity contribution in [2.24, 2.45) is 0 Å². The van der Waals surface area contributed by atoms with Crippen molar-refractivity contribution in [1.29, 1.82) is 0 Å². The van der Waals surface area contributed by atoms with E-state index in [4.69, 9.17) is 4.52 Å². The molecular weight excluding hydrogens is 366 g/mol. The van der Waals surface area contributed by atoms with Gasteiger partial charge in [0, 0.05) is 24.0 Å². The fourth-order valence-corrected chi connectivity index (χ4v) is 3.01. The topological polar surface area (TPSA) is 105 Å². The highest BCUT2D eigenvalue weighted by Gasteiger charge is 2.06. The molecule has 3 N–H and O–H groups in total. The number of benzene rings is 1. The molecule has 29 heavy (non-hydrogen) atoms. The van der Waals surface area contributed by atoms with Crippen molar-refractivity contribution in [3.8, 4) is 0 Å². The summed E-state index contributed by atoms with van der Waals surface area (Å²) in [4.78, 5) is 8.68. The van der Waals surface area contributed by atoms with Gasteiger partial charge in [-0.15, -0.1) is 0 Å². The Morgan fingerprint density at radius 1 is 1.03 bits per heavy atom. The summed E-state index contributed by atoms with van der Waals surface area (Å²) in [5, 5.41) is 17.6. The van der Waals surface area contributed by atoms with Gasteiger partial charge in [-0.3, -0.25) is 5.10 Å². The zero-order chi connectivity index (χ0) is 20.1. The molecule has 0 atom stereocenters. The molecule has 0 bridgehead atoms. The van der Waals surface area contributed by atoms with Gasteiger partial charge in [0.1, 0.15) is 5.82 Å². The smallest absolute Gasteiger partial charge is 0.224 e. The van der Waals surface area contributed by atoms with Crippen LogP contribution in [0.3, 0.4) is 0 Å². The highest BCUT2D eigenvalue weighted by atomic mass is 16.5. The third kappa shape index (κ3) is 5.19. The molecule has 8 heteroatoms. The normalized spacial score (nSPS) is 10.8. The van der Waals surface area contributed by atoms with Crippen LogP contribution in [0.5, 0.6) is 0 Å². The molecule has 0 fully saturated rings. The first-order valence-corrected chi connectivity index (χ1v) is 9.50. The molecule has 8 nitrogen and oxygen atoms in total. The minimum absolute atomic E-state index is 0.468. The number of H-pyrrole nitrogens is 1. The number of hydrogen-bond acceptors (Lipinski definition) is 7. The molecular formula is C21H23N7O. The minimum atomic E-state index is 0.468. The maximum absolute atomic E-state index is 5.18. The number of nitrogens with zero attached hydrogens (tertiary/aromatic N) is 4. The molecule has 4 aromatic rings. The van der Waals surface area contributed by atoms with Gasteiger partial charge in [0.15, 0.2) is 11.6 Å². The largest absolute Gasteiger partial charge is 0.359 e. The molecule has 0 saturated heterocycles. The summed E-state index contributed by atoms with van der Waals surface area (Å²) in [6, 6.07) is 14.2. The van der Waals surface area contributed by atoms with Crippen molar-refractivity contribution in [1.82, 2.24) is 25.3 Å². The number of aromatic amines is 1. The zero-order valence-electron chi connectivity index (χ0n) is 16.4. The van der Waals surface area contributed by atoms with E-state index in [1.807, 2.05) is 19.1 Å². The number of anilines is 3. The second-order valence-corrected chi connectivity index (χ2v) is 6.95. The van der Waals surface area contributed by atoms with E-state index in [9.17, 15) is 0 Å². The lowest BCUT2D eigenvalue weighted by Gasteiger charge is -2.05. The van der Waals surface area contributed by atoms with Crippen LogP contribution in [-0.4, -0.2) is 25.3 Å². The number of aryl methyl sites for hydroxylation is 4. The third-order valence-corrected chi connectivity index (χ3v) is 4.41. The SMILES string of the molecule is Cc1cccc(CCc2cc(Nc3ccnc(NCc4cc(C)no4)n3)n[nH]2)c1. The van der Waals surface area contributed by atoms with Crippen LogP contribution in [0.15, 0.2) is 53.2 Å². The summed E-state index contributed by atoms with van der Waals surface area (Å²) in [7, 11) is 0. The quantitative estimate of drug-likeness (QED) is 0.419. The lowest BCUT2D eigenvalue weighted by Crippen LogP contribution is -2.04. The maximum atomic E-state index is 5.18. The van der Waals surface area contributed by atoms with Gasteiger partial charge in [-0.2, -0.15) is 10.1 Å². The highest BCUT2D eigenvalue weighted by molar-refractivity contribution is 5.53. The van der Waals surface area contributed by atoms with Gasteiger partial charge < -0.3 is 15.2 Å². The van der Waals surface area contributed by atoms with Crippen molar-refractivity contribution >= 4 is 17.6 Å². The number of nitrogens with one attached hydrogen (secondary N) is 3. The molecule has 148 valence electrons. The van der Waals surface area contributed by atoms with E-state index in [1.165, 1.54) is 11.1 Å². The molecule has 0 amide bonds. The lowest BCUT2D eigenvalue weighted by atomic mass is 10.1. The third-order valence-electron chi connectivity index (χ3n) is 4.41. The highest BCUT2D eigenvalue weighted by Crippen LogP contribution is 2.16. The molecule has 0 saturated carbocycles. The predicted molar refractivity (Wildman–Crippen MR) is 111 cm³/mol. The van der Waals surface area contributed by atoms with Crippen molar-refractivity contribution in [3.05, 3.63) is 76.9 Å². The van der Waals surface area contributed by atoms with E-state index in [0.29, 0.717) is 18.3 Å². The van der Waals surface area contributed by atoms with Crippen LogP contribution < -0.4 is 10.6 Å². The van der Waals surface area contributed by atoms with Crippen molar-refractivity contribution in [3.63, 3.8) is 0 Å². The number of hydrogen-bond donors (Lipinski definition) is 3. The van der Waals surface area contributed by atoms with Gasteiger partial charge in [-0.1, -0.05) is 35.0 Å². The zero-order valence-corrected chi connectivity index (χ0v) is 16.4. The first-order chi connectivity index (χ1) is 14.1. The first-order valence-electron chi connectivity index (χ1n) is 9.50. The minimum Gasteiger partial charge on any atom is -0.359 e. The van der Waals surface area contributed by atoms with Crippen LogP contribution in [0.2, 0.25) is 0 Å². The van der Waals surface area contributed by atoms with Crippen LogP contribution in [0.25, 0.3) is 0 Å². The second-order valence-electron chi connectivity index (χ2n) is 6.95. The van der Waals surface area contributed by atoms with Gasteiger partial charge >= 0.3 is 0 Å². The van der Waals surface area contributed by atoms with Crippen LogP contribution in [0.4, 0.5) is 17.6 Å². The van der Waals surface area contributed by atoms with Crippen molar-refractivity contribution < 1.29 is 4.52 Å². The van der Waals surface area contributed by atoms with Gasteiger partial charge in [-0.25, -0.2) is 4.98 Å². The molecule has 1 aromatic carbocycles. The molecule has 4 rings (SSSR count). The Morgan fingerprint density at radius 2 is 1.97 bits per heavy atom. The predicted octanol–water partition coefficient (Wildman–Crippen LogP) is 3.95. The van der Waals surface area contributed by atoms with E-state index < -0.39 is 0 Å². The summed E-state index contributed by atoms with van der Waals surface area (Å²) in [6.45, 7) is 4.46. The van der Waals surface area contributed by atoms with E-state index in [2.05, 4.69) is 67.1 Å². The van der Waals surface area contributed by atoms with Crippen LogP contribution >= 0.6 is 0 Å². The standard InChI is InChI=1S/C21H23N7O/c1-14-4-3-5-16(10-14)6-7-17-12-20(27-26-17)24-19-8-9-22-21(25-19)23-13-18-11-15(2)28-29-18/h3-5,8-12H,6-7,13H2,1-2H3,(H3,22,23,24,25,26,27). The number of aromatic nitrogens is 5. The van der Waals surface area contributed by atoms with Gasteiger partial charge in [0.25, 0.3) is 0 Å². The molecule has 0 spiro atoms. The molecule has 3 heterocycles. The van der Waals surface area contributed by atoms with Gasteiger partial charge in [-0.05, 0) is 38.3 Å². The average Bonchev–Trinajstić information content (AvgIpc) is 3.34.